The Kier molecular flexibility index (Phi) is 3.78. The lowest BCUT2D eigenvalue weighted by atomic mass is 10.1. The van der Waals surface area contributed by atoms with E-state index < -0.39 is 9.58 Å². The Bertz CT molecular complexity index is 621. The third-order valence-corrected chi connectivity index (χ3v) is 3.44. The normalized spacial score (nSPS) is 11.8. The number of pyridine rings is 1. The van der Waals surface area contributed by atoms with E-state index in [1.54, 1.807) is 0 Å². The Labute approximate surface area is 126 Å². The van der Waals surface area contributed by atoms with Crippen molar-refractivity contribution in [1.29, 1.82) is 0 Å². The number of aromatic nitrogens is 2. The molecule has 0 saturated carbocycles. The number of hydrogen-bond acceptors (Lipinski definition) is 3. The van der Waals surface area contributed by atoms with E-state index in [9.17, 15) is 4.79 Å². The molecule has 2 heterocycles. The second-order valence-electron chi connectivity index (χ2n) is 3.39. The van der Waals surface area contributed by atoms with Gasteiger partial charge in [-0.15, -0.1) is 0 Å². The van der Waals surface area contributed by atoms with Crippen molar-refractivity contribution in [2.24, 2.45) is 0 Å². The second-order valence-corrected chi connectivity index (χ2v) is 6.53. The van der Waals surface area contributed by atoms with Crippen LogP contribution >= 0.6 is 50.7 Å². The van der Waals surface area contributed by atoms with Crippen LogP contribution in [0, 0.1) is 0 Å². The molecule has 2 rings (SSSR count). The SMILES string of the molecule is COc1ncc(Br)c2c(C(=O)C(Cl)(Cl)Cl)c[nH]c12. The van der Waals surface area contributed by atoms with Crippen LogP contribution in [0.4, 0.5) is 0 Å². The van der Waals surface area contributed by atoms with Gasteiger partial charge in [0.15, 0.2) is 0 Å². The first-order valence-electron chi connectivity index (χ1n) is 4.67. The van der Waals surface area contributed by atoms with Gasteiger partial charge < -0.3 is 9.72 Å². The number of nitrogens with one attached hydrogen (secondary N) is 1. The Balaban J connectivity index is 2.72. The van der Waals surface area contributed by atoms with Gasteiger partial charge in [-0.3, -0.25) is 4.79 Å². The van der Waals surface area contributed by atoms with Crippen molar-refractivity contribution < 1.29 is 9.53 Å². The first-order chi connectivity index (χ1) is 8.36. The number of alkyl halides is 3. The van der Waals surface area contributed by atoms with E-state index in [1.807, 2.05) is 0 Å². The van der Waals surface area contributed by atoms with Crippen molar-refractivity contribution in [2.75, 3.05) is 7.11 Å². The first-order valence-corrected chi connectivity index (χ1v) is 6.60. The number of ether oxygens (including phenoxy) is 1. The van der Waals surface area contributed by atoms with E-state index in [0.29, 0.717) is 21.3 Å². The summed E-state index contributed by atoms with van der Waals surface area (Å²) in [5.41, 5.74) is 0.821. The number of Topliss-reactive ketones (excluding diaryl/α,β-unsaturated/α-hetero) is 1. The number of methoxy groups -OCH3 is 1. The average molecular weight is 372 g/mol. The highest BCUT2D eigenvalue weighted by Gasteiger charge is 2.34. The zero-order chi connectivity index (χ0) is 13.5. The zero-order valence-electron chi connectivity index (χ0n) is 8.93. The number of rotatable bonds is 2. The second kappa shape index (κ2) is 4.89. The summed E-state index contributed by atoms with van der Waals surface area (Å²) >= 11 is 20.1. The van der Waals surface area contributed by atoms with Gasteiger partial charge in [-0.25, -0.2) is 4.98 Å². The van der Waals surface area contributed by atoms with Crippen LogP contribution in [-0.4, -0.2) is 26.7 Å². The van der Waals surface area contributed by atoms with Crippen LogP contribution in [0.15, 0.2) is 16.9 Å². The number of fused-ring (bicyclic) bond motifs is 1. The molecule has 0 aliphatic carbocycles. The average Bonchev–Trinajstić information content (AvgIpc) is 2.72. The lowest BCUT2D eigenvalue weighted by Crippen LogP contribution is -2.18. The van der Waals surface area contributed by atoms with E-state index >= 15 is 0 Å². The van der Waals surface area contributed by atoms with Crippen LogP contribution in [0.3, 0.4) is 0 Å². The lowest BCUT2D eigenvalue weighted by molar-refractivity contribution is 0.0998. The molecule has 0 spiro atoms. The Morgan fingerprint density at radius 1 is 1.50 bits per heavy atom. The van der Waals surface area contributed by atoms with Gasteiger partial charge in [0.2, 0.25) is 11.7 Å². The largest absolute Gasteiger partial charge is 0.479 e. The van der Waals surface area contributed by atoms with Crippen molar-refractivity contribution >= 4 is 67.4 Å². The van der Waals surface area contributed by atoms with Crippen LogP contribution in [0.25, 0.3) is 10.9 Å². The van der Waals surface area contributed by atoms with Crippen LogP contribution in [0.1, 0.15) is 10.4 Å². The minimum absolute atomic E-state index is 0.262. The molecule has 18 heavy (non-hydrogen) atoms. The number of ketones is 1. The number of halogens is 4. The maximum absolute atomic E-state index is 12.0. The molecule has 4 nitrogen and oxygen atoms in total. The smallest absolute Gasteiger partial charge is 0.253 e. The molecule has 8 heteroatoms. The number of H-pyrrole nitrogens is 1. The summed E-state index contributed by atoms with van der Waals surface area (Å²) in [7, 11) is 1.48. The van der Waals surface area contributed by atoms with E-state index in [4.69, 9.17) is 39.5 Å². The summed E-state index contributed by atoms with van der Waals surface area (Å²) < 4.78 is 3.69. The number of carbonyl (C=O) groups is 1. The molecule has 2 aromatic heterocycles. The number of hydrogen-bond donors (Lipinski definition) is 1. The van der Waals surface area contributed by atoms with Gasteiger partial charge in [0.1, 0.15) is 5.52 Å². The van der Waals surface area contributed by atoms with E-state index in [2.05, 4.69) is 25.9 Å². The molecule has 2 aromatic rings. The fourth-order valence-corrected chi connectivity index (χ4v) is 2.39. The Hall–Kier alpha value is -0.490. The molecule has 0 aromatic carbocycles. The summed E-state index contributed by atoms with van der Waals surface area (Å²) in [5, 5.41) is 0.568. The topological polar surface area (TPSA) is 55.0 Å². The molecule has 0 unspecified atom stereocenters. The molecule has 0 aliphatic rings. The Morgan fingerprint density at radius 3 is 2.72 bits per heavy atom. The predicted molar refractivity (Wildman–Crippen MR) is 75.0 cm³/mol. The molecular weight excluding hydrogens is 366 g/mol. The molecule has 0 fully saturated rings. The molecular formula is C10H6BrCl3N2O2. The molecule has 0 saturated heterocycles. The lowest BCUT2D eigenvalue weighted by Gasteiger charge is -2.09. The maximum Gasteiger partial charge on any atom is 0.253 e. The van der Waals surface area contributed by atoms with E-state index in [-0.39, 0.29) is 5.56 Å². The minimum atomic E-state index is -2.01. The van der Waals surface area contributed by atoms with Crippen molar-refractivity contribution in [3.8, 4) is 5.88 Å². The molecule has 0 amide bonds. The highest BCUT2D eigenvalue weighted by Crippen LogP contribution is 2.37. The van der Waals surface area contributed by atoms with Gasteiger partial charge in [0.05, 0.1) is 7.11 Å². The highest BCUT2D eigenvalue weighted by molar-refractivity contribution is 9.10. The molecule has 0 aliphatic heterocycles. The van der Waals surface area contributed by atoms with E-state index in [1.165, 1.54) is 19.5 Å². The van der Waals surface area contributed by atoms with Gasteiger partial charge in [-0.1, -0.05) is 34.8 Å². The number of carbonyl (C=O) groups excluding carboxylic acids is 1. The molecule has 1 N–H and O–H groups in total. The summed E-state index contributed by atoms with van der Waals surface area (Å²) in [4.78, 5) is 18.9. The predicted octanol–water partition coefficient (Wildman–Crippen LogP) is 3.89. The van der Waals surface area contributed by atoms with Crippen molar-refractivity contribution in [3.05, 3.63) is 22.4 Å². The highest BCUT2D eigenvalue weighted by atomic mass is 79.9. The summed E-state index contributed by atoms with van der Waals surface area (Å²) in [6.07, 6.45) is 2.98. The number of nitrogens with zero attached hydrogens (tertiary/aromatic N) is 1. The molecule has 0 atom stereocenters. The Morgan fingerprint density at radius 2 is 2.17 bits per heavy atom. The van der Waals surface area contributed by atoms with Crippen molar-refractivity contribution in [3.63, 3.8) is 0 Å². The van der Waals surface area contributed by atoms with Gasteiger partial charge in [-0.2, -0.15) is 0 Å². The fraction of sp³-hybridized carbons (Fsp3) is 0.200. The van der Waals surface area contributed by atoms with Crippen LogP contribution in [0.5, 0.6) is 5.88 Å². The van der Waals surface area contributed by atoms with Crippen LogP contribution < -0.4 is 4.74 Å². The third-order valence-electron chi connectivity index (χ3n) is 2.32. The summed E-state index contributed by atoms with van der Waals surface area (Å²) in [5.74, 6) is -0.260. The van der Waals surface area contributed by atoms with Crippen molar-refractivity contribution in [1.82, 2.24) is 9.97 Å². The first kappa shape index (κ1) is 13.9. The van der Waals surface area contributed by atoms with Crippen LogP contribution in [-0.2, 0) is 0 Å². The van der Waals surface area contributed by atoms with Gasteiger partial charge in [0, 0.05) is 27.8 Å². The van der Waals surface area contributed by atoms with Crippen molar-refractivity contribution in [2.45, 2.75) is 3.79 Å². The van der Waals surface area contributed by atoms with Gasteiger partial charge >= 0.3 is 0 Å². The monoisotopic (exact) mass is 370 g/mol. The van der Waals surface area contributed by atoms with E-state index in [0.717, 1.165) is 0 Å². The molecule has 96 valence electrons. The minimum Gasteiger partial charge on any atom is -0.479 e. The molecule has 0 bridgehead atoms. The summed E-state index contributed by atoms with van der Waals surface area (Å²) in [6, 6.07) is 0. The quantitative estimate of drug-likeness (QED) is 0.643. The van der Waals surface area contributed by atoms with Gasteiger partial charge in [0.25, 0.3) is 3.79 Å². The molecule has 0 radical (unpaired) electrons. The standard InChI is InChI=1S/C10H6BrCl3N2O2/c1-18-9-7-6(5(11)3-16-9)4(2-15-7)8(17)10(12,13)14/h2-3,15H,1H3. The zero-order valence-corrected chi connectivity index (χ0v) is 12.8. The third kappa shape index (κ3) is 2.32. The maximum atomic E-state index is 12.0. The summed E-state index contributed by atoms with van der Waals surface area (Å²) in [6.45, 7) is 0. The van der Waals surface area contributed by atoms with Crippen LogP contribution in [0.2, 0.25) is 0 Å². The number of aromatic amines is 1. The fourth-order valence-electron chi connectivity index (χ4n) is 1.57. The van der Waals surface area contributed by atoms with Gasteiger partial charge in [-0.05, 0) is 15.9 Å².